The lowest BCUT2D eigenvalue weighted by Crippen LogP contribution is -2.42. The van der Waals surface area contributed by atoms with E-state index < -0.39 is 5.97 Å². The van der Waals surface area contributed by atoms with E-state index in [-0.39, 0.29) is 17.0 Å². The minimum Gasteiger partial charge on any atom is -0.478 e. The second kappa shape index (κ2) is 6.86. The maximum absolute atomic E-state index is 12.2. The van der Waals surface area contributed by atoms with Crippen LogP contribution in [0.4, 0.5) is 4.79 Å². The van der Waals surface area contributed by atoms with Crippen LogP contribution in [0.3, 0.4) is 0 Å². The molecule has 124 valence electrons. The van der Waals surface area contributed by atoms with Crippen LogP contribution in [-0.4, -0.2) is 35.1 Å². The van der Waals surface area contributed by atoms with E-state index in [1.165, 1.54) is 5.57 Å². The van der Waals surface area contributed by atoms with E-state index in [0.29, 0.717) is 13.1 Å². The molecular weight excluding hydrogens is 292 g/mol. The first-order valence-corrected chi connectivity index (χ1v) is 7.82. The van der Waals surface area contributed by atoms with Gasteiger partial charge in [0.05, 0.1) is 5.56 Å². The van der Waals surface area contributed by atoms with Crippen molar-refractivity contribution in [3.8, 4) is 0 Å². The first kappa shape index (κ1) is 17.1. The second-order valence-electron chi connectivity index (χ2n) is 6.84. The minimum atomic E-state index is -0.949. The Bertz CT molecular complexity index is 612. The molecule has 1 aromatic carbocycles. The van der Waals surface area contributed by atoms with Crippen LogP contribution in [0.25, 0.3) is 0 Å². The van der Waals surface area contributed by atoms with Gasteiger partial charge >= 0.3 is 12.0 Å². The zero-order valence-corrected chi connectivity index (χ0v) is 13.9. The van der Waals surface area contributed by atoms with Crippen LogP contribution in [0.15, 0.2) is 35.9 Å². The fourth-order valence-electron chi connectivity index (χ4n) is 2.59. The van der Waals surface area contributed by atoms with Crippen molar-refractivity contribution in [2.75, 3.05) is 13.1 Å². The summed E-state index contributed by atoms with van der Waals surface area (Å²) < 4.78 is 0. The third-order valence-corrected chi connectivity index (χ3v) is 4.10. The molecule has 5 heteroatoms. The molecule has 1 aromatic rings. The molecule has 0 aromatic heterocycles. The Labute approximate surface area is 137 Å². The first-order valence-electron chi connectivity index (χ1n) is 7.82. The van der Waals surface area contributed by atoms with Gasteiger partial charge in [0.15, 0.2) is 0 Å². The number of benzene rings is 1. The van der Waals surface area contributed by atoms with Crippen molar-refractivity contribution >= 4 is 12.0 Å². The Kier molecular flexibility index (Phi) is 5.08. The van der Waals surface area contributed by atoms with E-state index in [4.69, 9.17) is 5.11 Å². The smallest absolute Gasteiger partial charge is 0.335 e. The summed E-state index contributed by atoms with van der Waals surface area (Å²) in [5.41, 5.74) is 2.68. The predicted molar refractivity (Wildman–Crippen MR) is 89.4 cm³/mol. The molecule has 2 N–H and O–H groups in total. The fourth-order valence-corrected chi connectivity index (χ4v) is 2.59. The SMILES string of the molecule is CC(C)(C)C1=CCN(C(=O)NCc2ccc(C(=O)O)cc2)CC1. The van der Waals surface area contributed by atoms with E-state index in [2.05, 4.69) is 32.2 Å². The van der Waals surface area contributed by atoms with E-state index >= 15 is 0 Å². The molecule has 0 bridgehead atoms. The van der Waals surface area contributed by atoms with Crippen LogP contribution < -0.4 is 5.32 Å². The van der Waals surface area contributed by atoms with E-state index in [1.54, 1.807) is 29.2 Å². The van der Waals surface area contributed by atoms with Crippen molar-refractivity contribution in [1.82, 2.24) is 10.2 Å². The maximum atomic E-state index is 12.2. The third kappa shape index (κ3) is 4.58. The Hall–Kier alpha value is -2.30. The monoisotopic (exact) mass is 316 g/mol. The van der Waals surface area contributed by atoms with Crippen LogP contribution in [0.2, 0.25) is 0 Å². The number of carboxylic acids is 1. The summed E-state index contributed by atoms with van der Waals surface area (Å²) in [5.74, 6) is -0.949. The summed E-state index contributed by atoms with van der Waals surface area (Å²) in [6.07, 6.45) is 3.05. The van der Waals surface area contributed by atoms with Gasteiger partial charge in [-0.15, -0.1) is 0 Å². The highest BCUT2D eigenvalue weighted by molar-refractivity contribution is 5.87. The molecule has 0 saturated carbocycles. The minimum absolute atomic E-state index is 0.0866. The molecule has 2 amide bonds. The van der Waals surface area contributed by atoms with Crippen molar-refractivity contribution < 1.29 is 14.7 Å². The first-order chi connectivity index (χ1) is 10.8. The fraction of sp³-hybridized carbons (Fsp3) is 0.444. The average molecular weight is 316 g/mol. The summed E-state index contributed by atoms with van der Waals surface area (Å²) in [7, 11) is 0. The molecule has 0 saturated heterocycles. The topological polar surface area (TPSA) is 69.6 Å². The van der Waals surface area contributed by atoms with Crippen molar-refractivity contribution in [3.63, 3.8) is 0 Å². The number of nitrogens with zero attached hydrogens (tertiary/aromatic N) is 1. The number of urea groups is 1. The van der Waals surface area contributed by atoms with Crippen LogP contribution >= 0.6 is 0 Å². The molecule has 1 heterocycles. The lowest BCUT2D eigenvalue weighted by atomic mass is 9.83. The highest BCUT2D eigenvalue weighted by Gasteiger charge is 2.23. The number of nitrogens with one attached hydrogen (secondary N) is 1. The van der Waals surface area contributed by atoms with Gasteiger partial charge in [-0.2, -0.15) is 0 Å². The van der Waals surface area contributed by atoms with Gasteiger partial charge in [-0.1, -0.05) is 44.6 Å². The largest absolute Gasteiger partial charge is 0.478 e. The predicted octanol–water partition coefficient (Wildman–Crippen LogP) is 3.27. The number of carboxylic acid groups (broad SMARTS) is 1. The second-order valence-corrected chi connectivity index (χ2v) is 6.84. The molecule has 0 atom stereocenters. The molecule has 0 radical (unpaired) electrons. The number of hydrogen-bond acceptors (Lipinski definition) is 2. The van der Waals surface area contributed by atoms with Gasteiger partial charge in [0, 0.05) is 19.6 Å². The van der Waals surface area contributed by atoms with Crippen LogP contribution in [-0.2, 0) is 6.54 Å². The molecule has 5 nitrogen and oxygen atoms in total. The van der Waals surface area contributed by atoms with Crippen LogP contribution in [0.5, 0.6) is 0 Å². The zero-order chi connectivity index (χ0) is 17.0. The van der Waals surface area contributed by atoms with E-state index in [0.717, 1.165) is 18.5 Å². The van der Waals surface area contributed by atoms with Gasteiger partial charge in [0.25, 0.3) is 0 Å². The maximum Gasteiger partial charge on any atom is 0.335 e. The third-order valence-electron chi connectivity index (χ3n) is 4.10. The summed E-state index contributed by atoms with van der Waals surface area (Å²) in [6, 6.07) is 6.44. The van der Waals surface area contributed by atoms with Gasteiger partial charge < -0.3 is 15.3 Å². The van der Waals surface area contributed by atoms with Gasteiger partial charge in [0.1, 0.15) is 0 Å². The number of rotatable bonds is 3. The molecule has 0 aliphatic carbocycles. The van der Waals surface area contributed by atoms with E-state index in [9.17, 15) is 9.59 Å². The molecule has 1 aliphatic heterocycles. The van der Waals surface area contributed by atoms with Crippen molar-refractivity contribution in [2.45, 2.75) is 33.7 Å². The normalized spacial score (nSPS) is 15.1. The Morgan fingerprint density at radius 3 is 2.35 bits per heavy atom. The van der Waals surface area contributed by atoms with Gasteiger partial charge in [-0.05, 0) is 29.5 Å². The molecule has 23 heavy (non-hydrogen) atoms. The molecule has 0 spiro atoms. The molecule has 1 aliphatic rings. The van der Waals surface area contributed by atoms with Gasteiger partial charge in [-0.3, -0.25) is 0 Å². The number of hydrogen-bond donors (Lipinski definition) is 2. The van der Waals surface area contributed by atoms with Gasteiger partial charge in [-0.25, -0.2) is 9.59 Å². The molecule has 0 fully saturated rings. The lowest BCUT2D eigenvalue weighted by Gasteiger charge is -2.32. The summed E-state index contributed by atoms with van der Waals surface area (Å²) >= 11 is 0. The number of carbonyl (C=O) groups excluding carboxylic acids is 1. The summed E-state index contributed by atoms with van der Waals surface area (Å²) in [4.78, 5) is 24.8. The van der Waals surface area contributed by atoms with Crippen molar-refractivity contribution in [2.24, 2.45) is 5.41 Å². The van der Waals surface area contributed by atoms with E-state index in [1.807, 2.05) is 0 Å². The highest BCUT2D eigenvalue weighted by Crippen LogP contribution is 2.29. The van der Waals surface area contributed by atoms with Gasteiger partial charge in [0.2, 0.25) is 0 Å². The quantitative estimate of drug-likeness (QED) is 0.841. The van der Waals surface area contributed by atoms with Crippen LogP contribution in [0.1, 0.15) is 43.1 Å². The highest BCUT2D eigenvalue weighted by atomic mass is 16.4. The Morgan fingerprint density at radius 2 is 1.87 bits per heavy atom. The molecular formula is C18H24N2O3. The van der Waals surface area contributed by atoms with Crippen molar-refractivity contribution in [1.29, 1.82) is 0 Å². The number of carbonyl (C=O) groups is 2. The molecule has 0 unspecified atom stereocenters. The average Bonchev–Trinajstić information content (AvgIpc) is 2.52. The molecule has 2 rings (SSSR count). The Balaban J connectivity index is 1.86. The standard InChI is InChI=1S/C18H24N2O3/c1-18(2,3)15-8-10-20(11-9-15)17(23)19-12-13-4-6-14(7-5-13)16(21)22/h4-8H,9-12H2,1-3H3,(H,19,23)(H,21,22). The summed E-state index contributed by atoms with van der Waals surface area (Å²) in [6.45, 7) is 8.33. The Morgan fingerprint density at radius 1 is 1.22 bits per heavy atom. The number of amides is 2. The van der Waals surface area contributed by atoms with Crippen molar-refractivity contribution in [3.05, 3.63) is 47.0 Å². The summed E-state index contributed by atoms with van der Waals surface area (Å²) in [5, 5.41) is 11.7. The number of aromatic carboxylic acids is 1. The van der Waals surface area contributed by atoms with Crippen LogP contribution in [0, 0.1) is 5.41 Å². The zero-order valence-electron chi connectivity index (χ0n) is 13.9. The lowest BCUT2D eigenvalue weighted by molar-refractivity contribution is 0.0697.